The van der Waals surface area contributed by atoms with Crippen LogP contribution in [0.5, 0.6) is 5.75 Å². The van der Waals surface area contributed by atoms with Crippen molar-refractivity contribution in [3.63, 3.8) is 0 Å². The minimum absolute atomic E-state index is 0.00121. The van der Waals surface area contributed by atoms with E-state index in [9.17, 15) is 15.0 Å². The van der Waals surface area contributed by atoms with Crippen LogP contribution in [0.1, 0.15) is 44.1 Å². The number of benzene rings is 1. The number of methoxy groups -OCH3 is 1. The number of carbonyl (C=O) groups is 1. The van der Waals surface area contributed by atoms with Crippen LogP contribution in [0.2, 0.25) is 0 Å². The quantitative estimate of drug-likeness (QED) is 0.498. The van der Waals surface area contributed by atoms with Gasteiger partial charge in [-0.05, 0) is 49.3 Å². The first-order valence-corrected chi connectivity index (χ1v) is 11.6. The van der Waals surface area contributed by atoms with Crippen molar-refractivity contribution in [3.8, 4) is 5.75 Å². The van der Waals surface area contributed by atoms with Crippen LogP contribution in [0.25, 0.3) is 0 Å². The van der Waals surface area contributed by atoms with Gasteiger partial charge in [-0.2, -0.15) is 0 Å². The normalized spacial score (nSPS) is 32.6. The summed E-state index contributed by atoms with van der Waals surface area (Å²) in [6.45, 7) is 1.80. The number of carbonyl (C=O) groups excluding carboxylic acids is 1. The van der Waals surface area contributed by atoms with Crippen molar-refractivity contribution >= 4 is 5.91 Å². The Kier molecular flexibility index (Phi) is 7.68. The Morgan fingerprint density at radius 1 is 1.25 bits per heavy atom. The Balaban J connectivity index is 1.49. The Labute approximate surface area is 189 Å². The maximum absolute atomic E-state index is 13.4. The second kappa shape index (κ2) is 10.5. The Bertz CT molecular complexity index is 764. The smallest absolute Gasteiger partial charge is 0.252 e. The summed E-state index contributed by atoms with van der Waals surface area (Å²) in [4.78, 5) is 13.4. The molecule has 2 saturated carbocycles. The summed E-state index contributed by atoms with van der Waals surface area (Å²) >= 11 is 0. The van der Waals surface area contributed by atoms with E-state index in [2.05, 4.69) is 5.32 Å². The van der Waals surface area contributed by atoms with Crippen molar-refractivity contribution in [1.82, 2.24) is 5.32 Å². The third-order valence-corrected chi connectivity index (χ3v) is 6.67. The molecule has 3 N–H and O–H groups in total. The van der Waals surface area contributed by atoms with Gasteiger partial charge in [-0.1, -0.05) is 12.1 Å². The van der Waals surface area contributed by atoms with Crippen molar-refractivity contribution in [3.05, 3.63) is 29.8 Å². The van der Waals surface area contributed by atoms with Crippen molar-refractivity contribution in [1.29, 1.82) is 0 Å². The highest BCUT2D eigenvalue weighted by Crippen LogP contribution is 2.37. The maximum atomic E-state index is 13.4. The lowest BCUT2D eigenvalue weighted by Gasteiger charge is -2.44. The zero-order valence-electron chi connectivity index (χ0n) is 18.7. The van der Waals surface area contributed by atoms with Gasteiger partial charge in [0.1, 0.15) is 11.9 Å². The van der Waals surface area contributed by atoms with E-state index in [1.54, 1.807) is 7.11 Å². The number of hydrogen-bond acceptors (Lipinski definition) is 7. The molecule has 3 aliphatic rings. The predicted octanol–water partition coefficient (Wildman–Crippen LogP) is 1.56. The summed E-state index contributed by atoms with van der Waals surface area (Å²) in [7, 11) is 1.60. The lowest BCUT2D eigenvalue weighted by molar-refractivity contribution is -0.199. The fourth-order valence-electron chi connectivity index (χ4n) is 4.46. The summed E-state index contributed by atoms with van der Waals surface area (Å²) in [5.74, 6) is 0.899. The lowest BCUT2D eigenvalue weighted by atomic mass is 9.78. The molecular formula is C24H35NO7. The molecule has 1 heterocycles. The molecule has 0 aromatic heterocycles. The van der Waals surface area contributed by atoms with Crippen molar-refractivity contribution in [2.24, 2.45) is 5.92 Å². The fraction of sp³-hybridized carbons (Fsp3) is 0.708. The number of nitrogens with one attached hydrogen (secondary N) is 1. The second-order valence-corrected chi connectivity index (χ2v) is 9.26. The highest BCUT2D eigenvalue weighted by atomic mass is 16.5. The number of aliphatic hydroxyl groups excluding tert-OH is 2. The molecule has 3 fully saturated rings. The van der Waals surface area contributed by atoms with E-state index in [4.69, 9.17) is 18.9 Å². The minimum atomic E-state index is -1.31. The third kappa shape index (κ3) is 5.80. The SMILES string of the molecule is COc1cccc(CO[C@]2(C(=O)NCC3CCCO3)CC(OCC3CC3)[C@H](O)[C@H](O)C2)c1. The number of amides is 1. The average Bonchev–Trinajstić information content (AvgIpc) is 3.49. The van der Waals surface area contributed by atoms with E-state index in [0.717, 1.165) is 31.2 Å². The molecule has 2 aliphatic carbocycles. The first kappa shape index (κ1) is 23.4. The van der Waals surface area contributed by atoms with Crippen molar-refractivity contribution < 1.29 is 34.0 Å². The number of aliphatic hydroxyl groups is 2. The first-order chi connectivity index (χ1) is 15.5. The van der Waals surface area contributed by atoms with E-state index in [1.165, 1.54) is 0 Å². The van der Waals surface area contributed by atoms with Gasteiger partial charge >= 0.3 is 0 Å². The standard InChI is InChI=1S/C24H35NO7/c1-29-18-5-2-4-17(10-18)15-32-24(23(28)25-13-19-6-3-9-30-19)11-20(26)22(27)21(12-24)31-14-16-7-8-16/h2,4-5,10,16,19-22,26-27H,3,6-9,11-15H2,1H3,(H,25,28)/t19?,20-,21?,22-,24+/m1/s1. The van der Waals surface area contributed by atoms with E-state index in [1.807, 2.05) is 24.3 Å². The highest BCUT2D eigenvalue weighted by Gasteiger charge is 2.51. The molecule has 8 heteroatoms. The van der Waals surface area contributed by atoms with Crippen molar-refractivity contribution in [2.45, 2.75) is 75.1 Å². The van der Waals surface area contributed by atoms with E-state index in [-0.39, 0.29) is 31.5 Å². The fourth-order valence-corrected chi connectivity index (χ4v) is 4.46. The van der Waals surface area contributed by atoms with Crippen LogP contribution >= 0.6 is 0 Å². The second-order valence-electron chi connectivity index (χ2n) is 9.26. The van der Waals surface area contributed by atoms with Crippen LogP contribution in [-0.4, -0.2) is 73.0 Å². The van der Waals surface area contributed by atoms with Crippen LogP contribution in [0.3, 0.4) is 0 Å². The van der Waals surface area contributed by atoms with Gasteiger partial charge in [-0.3, -0.25) is 4.79 Å². The van der Waals surface area contributed by atoms with E-state index >= 15 is 0 Å². The molecule has 1 aromatic rings. The lowest BCUT2D eigenvalue weighted by Crippen LogP contribution is -2.61. The van der Waals surface area contributed by atoms with Crippen LogP contribution in [0.15, 0.2) is 24.3 Å². The van der Waals surface area contributed by atoms with Gasteiger partial charge in [0.2, 0.25) is 0 Å². The molecule has 1 saturated heterocycles. The van der Waals surface area contributed by atoms with Gasteiger partial charge in [0, 0.05) is 32.6 Å². The maximum Gasteiger partial charge on any atom is 0.252 e. The molecule has 0 radical (unpaired) electrons. The number of ether oxygens (including phenoxy) is 4. The molecule has 0 spiro atoms. The van der Waals surface area contributed by atoms with Crippen LogP contribution in [0, 0.1) is 5.92 Å². The van der Waals surface area contributed by atoms with Gasteiger partial charge in [0.05, 0.1) is 32.0 Å². The predicted molar refractivity (Wildman–Crippen MR) is 116 cm³/mol. The van der Waals surface area contributed by atoms with Crippen LogP contribution < -0.4 is 10.1 Å². The molecule has 2 unspecified atom stereocenters. The van der Waals surface area contributed by atoms with Crippen LogP contribution in [0.4, 0.5) is 0 Å². The molecule has 4 rings (SSSR count). The minimum Gasteiger partial charge on any atom is -0.497 e. The summed E-state index contributed by atoms with van der Waals surface area (Å²) < 4.78 is 23.1. The largest absolute Gasteiger partial charge is 0.497 e. The summed E-state index contributed by atoms with van der Waals surface area (Å²) in [5.41, 5.74) is -0.458. The molecule has 5 atom stereocenters. The molecule has 1 aromatic carbocycles. The Morgan fingerprint density at radius 3 is 2.81 bits per heavy atom. The van der Waals surface area contributed by atoms with Gasteiger partial charge in [-0.15, -0.1) is 0 Å². The summed E-state index contributed by atoms with van der Waals surface area (Å²) in [6, 6.07) is 7.46. The number of rotatable bonds is 10. The van der Waals surface area contributed by atoms with E-state index < -0.39 is 23.9 Å². The van der Waals surface area contributed by atoms with Crippen molar-refractivity contribution in [2.75, 3.05) is 26.9 Å². The topological polar surface area (TPSA) is 106 Å². The van der Waals surface area contributed by atoms with Gasteiger partial charge in [-0.25, -0.2) is 0 Å². The van der Waals surface area contributed by atoms with Gasteiger partial charge in [0.25, 0.3) is 5.91 Å². The first-order valence-electron chi connectivity index (χ1n) is 11.6. The molecule has 0 bridgehead atoms. The van der Waals surface area contributed by atoms with Crippen LogP contribution in [-0.2, 0) is 25.6 Å². The molecule has 8 nitrogen and oxygen atoms in total. The zero-order chi connectivity index (χ0) is 22.6. The molecule has 32 heavy (non-hydrogen) atoms. The highest BCUT2D eigenvalue weighted by molar-refractivity contribution is 5.85. The average molecular weight is 450 g/mol. The zero-order valence-corrected chi connectivity index (χ0v) is 18.7. The molecule has 1 aliphatic heterocycles. The summed E-state index contributed by atoms with van der Waals surface area (Å²) in [6.07, 6.45) is 1.47. The Hall–Kier alpha value is -1.71. The third-order valence-electron chi connectivity index (χ3n) is 6.67. The Morgan fingerprint density at radius 2 is 2.09 bits per heavy atom. The monoisotopic (exact) mass is 449 g/mol. The van der Waals surface area contributed by atoms with E-state index in [0.29, 0.717) is 31.4 Å². The molecule has 1 amide bonds. The number of hydrogen-bond donors (Lipinski definition) is 3. The molecular weight excluding hydrogens is 414 g/mol. The van der Waals surface area contributed by atoms with Gasteiger partial charge < -0.3 is 34.5 Å². The van der Waals surface area contributed by atoms with Gasteiger partial charge in [0.15, 0.2) is 5.60 Å². The summed E-state index contributed by atoms with van der Waals surface area (Å²) in [5, 5.41) is 24.1. The molecule has 178 valence electrons.